The third-order valence-corrected chi connectivity index (χ3v) is 4.17. The topological polar surface area (TPSA) is 61.8 Å². The van der Waals surface area contributed by atoms with Crippen molar-refractivity contribution in [1.82, 2.24) is 10.2 Å². The zero-order chi connectivity index (χ0) is 14.3. The van der Waals surface area contributed by atoms with Crippen LogP contribution < -0.4 is 5.32 Å². The number of nitrogens with zero attached hydrogens (tertiary/aromatic N) is 1. The van der Waals surface area contributed by atoms with Crippen molar-refractivity contribution in [1.29, 1.82) is 0 Å². The molecule has 2 unspecified atom stereocenters. The van der Waals surface area contributed by atoms with Gasteiger partial charge in [0.1, 0.15) is 5.54 Å². The van der Waals surface area contributed by atoms with Crippen LogP contribution in [0.1, 0.15) is 39.0 Å². The number of nitrogens with one attached hydrogen (secondary N) is 1. The molecule has 0 bridgehead atoms. The Hall–Kier alpha value is -0.650. The van der Waals surface area contributed by atoms with Crippen molar-refractivity contribution in [2.24, 2.45) is 0 Å². The second kappa shape index (κ2) is 7.82. The lowest BCUT2D eigenvalue weighted by atomic mass is 9.90. The molecule has 0 aromatic carbocycles. The maximum Gasteiger partial charge on any atom is 0.323 e. The van der Waals surface area contributed by atoms with Crippen molar-refractivity contribution in [3.63, 3.8) is 0 Å². The standard InChI is InChI=1S/C14H28N2O3/c1-4-14(15-2,13(17)18)8-6-9-16(3)11-12-7-5-10-19-12/h12,15H,4-11H2,1-3H3,(H,17,18). The lowest BCUT2D eigenvalue weighted by Gasteiger charge is -2.29. The second-order valence-corrected chi connectivity index (χ2v) is 5.49. The van der Waals surface area contributed by atoms with Crippen LogP contribution in [0, 0.1) is 0 Å². The summed E-state index contributed by atoms with van der Waals surface area (Å²) in [6.45, 7) is 4.67. The van der Waals surface area contributed by atoms with Gasteiger partial charge in [-0.1, -0.05) is 6.92 Å². The summed E-state index contributed by atoms with van der Waals surface area (Å²) in [6.07, 6.45) is 4.82. The highest BCUT2D eigenvalue weighted by molar-refractivity contribution is 5.78. The summed E-state index contributed by atoms with van der Waals surface area (Å²) >= 11 is 0. The fraction of sp³-hybridized carbons (Fsp3) is 0.929. The molecule has 1 rings (SSSR count). The van der Waals surface area contributed by atoms with Crippen LogP contribution >= 0.6 is 0 Å². The van der Waals surface area contributed by atoms with E-state index in [9.17, 15) is 9.90 Å². The van der Waals surface area contributed by atoms with Crippen LogP contribution in [0.5, 0.6) is 0 Å². The molecule has 1 heterocycles. The van der Waals surface area contributed by atoms with Gasteiger partial charge in [-0.25, -0.2) is 0 Å². The number of rotatable bonds is 9. The predicted molar refractivity (Wildman–Crippen MR) is 75.4 cm³/mol. The minimum atomic E-state index is -0.773. The molecule has 5 heteroatoms. The molecule has 0 aromatic heterocycles. The summed E-state index contributed by atoms with van der Waals surface area (Å²) < 4.78 is 5.60. The predicted octanol–water partition coefficient (Wildman–Crippen LogP) is 1.33. The molecule has 0 aromatic rings. The molecule has 0 radical (unpaired) electrons. The Bertz CT molecular complexity index is 274. The number of carboxylic acids is 1. The molecule has 19 heavy (non-hydrogen) atoms. The van der Waals surface area contributed by atoms with Crippen molar-refractivity contribution < 1.29 is 14.6 Å². The summed E-state index contributed by atoms with van der Waals surface area (Å²) in [4.78, 5) is 13.6. The summed E-state index contributed by atoms with van der Waals surface area (Å²) in [5.74, 6) is -0.751. The lowest BCUT2D eigenvalue weighted by Crippen LogP contribution is -2.50. The van der Waals surface area contributed by atoms with Crippen LogP contribution in [0.25, 0.3) is 0 Å². The van der Waals surface area contributed by atoms with E-state index in [1.807, 2.05) is 6.92 Å². The fourth-order valence-electron chi connectivity index (χ4n) is 2.72. The number of carbonyl (C=O) groups is 1. The largest absolute Gasteiger partial charge is 0.480 e. The Morgan fingerprint density at radius 1 is 1.58 bits per heavy atom. The van der Waals surface area contributed by atoms with Crippen LogP contribution in [0.3, 0.4) is 0 Å². The molecular formula is C14H28N2O3. The highest BCUT2D eigenvalue weighted by atomic mass is 16.5. The second-order valence-electron chi connectivity index (χ2n) is 5.49. The quantitative estimate of drug-likeness (QED) is 0.663. The zero-order valence-corrected chi connectivity index (χ0v) is 12.4. The van der Waals surface area contributed by atoms with E-state index in [1.165, 1.54) is 0 Å². The van der Waals surface area contributed by atoms with Crippen molar-refractivity contribution in [2.75, 3.05) is 33.8 Å². The first-order valence-corrected chi connectivity index (χ1v) is 7.26. The van der Waals surface area contributed by atoms with E-state index in [-0.39, 0.29) is 0 Å². The molecule has 0 spiro atoms. The van der Waals surface area contributed by atoms with Crippen LogP contribution in [0.2, 0.25) is 0 Å². The molecule has 5 nitrogen and oxygen atoms in total. The number of aliphatic carboxylic acids is 1. The van der Waals surface area contributed by atoms with Crippen LogP contribution in [-0.4, -0.2) is 61.4 Å². The van der Waals surface area contributed by atoms with Gasteiger partial charge in [0.05, 0.1) is 6.10 Å². The maximum absolute atomic E-state index is 11.3. The normalized spacial score (nSPS) is 22.6. The average Bonchev–Trinajstić information content (AvgIpc) is 2.87. The van der Waals surface area contributed by atoms with E-state index in [2.05, 4.69) is 17.3 Å². The van der Waals surface area contributed by atoms with Crippen LogP contribution in [0.15, 0.2) is 0 Å². The summed E-state index contributed by atoms with van der Waals surface area (Å²) in [5.41, 5.74) is -0.773. The SMILES string of the molecule is CCC(CCCN(C)CC1CCCO1)(NC)C(=O)O. The minimum absolute atomic E-state index is 0.365. The molecule has 1 saturated heterocycles. The van der Waals surface area contributed by atoms with Gasteiger partial charge in [0, 0.05) is 13.2 Å². The summed E-state index contributed by atoms with van der Waals surface area (Å²) in [6, 6.07) is 0. The first kappa shape index (κ1) is 16.4. The Morgan fingerprint density at radius 3 is 2.79 bits per heavy atom. The summed E-state index contributed by atoms with van der Waals surface area (Å²) in [7, 11) is 3.81. The van der Waals surface area contributed by atoms with Gasteiger partial charge in [0.2, 0.25) is 0 Å². The van der Waals surface area contributed by atoms with E-state index in [1.54, 1.807) is 7.05 Å². The Balaban J connectivity index is 2.29. The minimum Gasteiger partial charge on any atom is -0.480 e. The number of hydrogen-bond acceptors (Lipinski definition) is 4. The lowest BCUT2D eigenvalue weighted by molar-refractivity contribution is -0.145. The maximum atomic E-state index is 11.3. The van der Waals surface area contributed by atoms with E-state index in [0.29, 0.717) is 18.9 Å². The molecule has 1 aliphatic heterocycles. The van der Waals surface area contributed by atoms with Gasteiger partial charge in [-0.05, 0) is 52.7 Å². The molecule has 0 amide bonds. The Labute approximate surface area is 116 Å². The first-order chi connectivity index (χ1) is 9.04. The molecular weight excluding hydrogens is 244 g/mol. The monoisotopic (exact) mass is 272 g/mol. The molecule has 1 fully saturated rings. The highest BCUT2D eigenvalue weighted by Crippen LogP contribution is 2.18. The average molecular weight is 272 g/mol. The van der Waals surface area contributed by atoms with Crippen molar-refractivity contribution >= 4 is 5.97 Å². The van der Waals surface area contributed by atoms with E-state index < -0.39 is 11.5 Å². The van der Waals surface area contributed by atoms with Crippen molar-refractivity contribution in [3.8, 4) is 0 Å². The van der Waals surface area contributed by atoms with Crippen molar-refractivity contribution in [3.05, 3.63) is 0 Å². The molecule has 112 valence electrons. The summed E-state index contributed by atoms with van der Waals surface area (Å²) in [5, 5.41) is 12.3. The van der Waals surface area contributed by atoms with Crippen LogP contribution in [0.4, 0.5) is 0 Å². The Morgan fingerprint density at radius 2 is 2.32 bits per heavy atom. The van der Waals surface area contributed by atoms with Gasteiger partial charge < -0.3 is 20.1 Å². The first-order valence-electron chi connectivity index (χ1n) is 7.26. The zero-order valence-electron chi connectivity index (χ0n) is 12.4. The van der Waals surface area contributed by atoms with E-state index >= 15 is 0 Å². The third-order valence-electron chi connectivity index (χ3n) is 4.17. The van der Waals surface area contributed by atoms with Gasteiger partial charge in [-0.15, -0.1) is 0 Å². The third kappa shape index (κ3) is 4.75. The number of carboxylic acid groups (broad SMARTS) is 1. The molecule has 2 N–H and O–H groups in total. The Kier molecular flexibility index (Phi) is 6.75. The van der Waals surface area contributed by atoms with E-state index in [4.69, 9.17) is 4.74 Å². The van der Waals surface area contributed by atoms with Gasteiger partial charge in [-0.2, -0.15) is 0 Å². The van der Waals surface area contributed by atoms with E-state index in [0.717, 1.165) is 39.0 Å². The number of hydrogen-bond donors (Lipinski definition) is 2. The van der Waals surface area contributed by atoms with Gasteiger partial charge in [0.25, 0.3) is 0 Å². The molecule has 2 atom stereocenters. The smallest absolute Gasteiger partial charge is 0.323 e. The fourth-order valence-corrected chi connectivity index (χ4v) is 2.72. The van der Waals surface area contributed by atoms with Crippen molar-refractivity contribution in [2.45, 2.75) is 50.7 Å². The van der Waals surface area contributed by atoms with Gasteiger partial charge in [0.15, 0.2) is 0 Å². The van der Waals surface area contributed by atoms with Gasteiger partial charge in [-0.3, -0.25) is 4.79 Å². The number of ether oxygens (including phenoxy) is 1. The molecule has 0 aliphatic carbocycles. The van der Waals surface area contributed by atoms with Gasteiger partial charge >= 0.3 is 5.97 Å². The molecule has 0 saturated carbocycles. The molecule has 1 aliphatic rings. The number of likely N-dealkylation sites (N-methyl/N-ethyl adjacent to an activating group) is 2. The van der Waals surface area contributed by atoms with Crippen LogP contribution in [-0.2, 0) is 9.53 Å². The highest BCUT2D eigenvalue weighted by Gasteiger charge is 2.34.